The molecule has 0 aromatic carbocycles. The molecule has 5 aliphatic rings. The molecule has 0 amide bonds. The van der Waals surface area contributed by atoms with Gasteiger partial charge in [-0.05, 0) is 109 Å². The predicted octanol–water partition coefficient (Wildman–Crippen LogP) is 1.99. The zero-order valence-electron chi connectivity index (χ0n) is 65.3. The van der Waals surface area contributed by atoms with E-state index < -0.39 is 250 Å². The van der Waals surface area contributed by atoms with Crippen molar-refractivity contribution < 1.29 is 149 Å². The number of hydrogen-bond acceptors (Lipinski definition) is 30. The number of esters is 2. The van der Waals surface area contributed by atoms with Crippen LogP contribution >= 0.6 is 0 Å². The Morgan fingerprint density at radius 2 is 1.30 bits per heavy atom. The Bertz CT molecular complexity index is 2610. The fourth-order valence-electron chi connectivity index (χ4n) is 15.8. The van der Waals surface area contributed by atoms with E-state index >= 15 is 0 Å². The first-order chi connectivity index (χ1) is 51.0. The quantitative estimate of drug-likeness (QED) is 0.0242. The van der Waals surface area contributed by atoms with Crippen LogP contribution in [-0.2, 0) is 57.0 Å². The SMILES string of the molecule is CCCCCCCCC/C=C/[C@H](O)C[C@H](O)CC(=O)O[C@@H]1C[C@H](O[C@H](CC)[C@H](C)[C@H](O)[C@H](C)[C@H](O)[C@H](C)[C@@H]2OC(=O)C=C[C@@H](C)[C@@H](O)C[C@@H](O)CCC[C@H](O)CC[C@@H](C)[C@H](O[C@H]3O[C@H](CO)[C@@H](O)[C@H](O)[C@@H]3O)C(=O)[C@]3(O)O[C@@H](C[C@@H](O)C[C@H](O)C[C@H](O)CCC[C@H](O)[C@H]4O[C@@H]4[C@H]2C)C[C@@H](O)[C@H]3O)O[C@H](C)[C@H]1OC. The summed E-state index contributed by atoms with van der Waals surface area (Å²) in [5, 5.41) is 200. The van der Waals surface area contributed by atoms with Crippen molar-refractivity contribution in [1.82, 2.24) is 0 Å². The monoisotopic (exact) mass is 1550 g/mol. The molecule has 0 spiro atoms. The molecule has 0 saturated carbocycles. The minimum Gasteiger partial charge on any atom is -0.459 e. The second kappa shape index (κ2) is 47.2. The van der Waals surface area contributed by atoms with Gasteiger partial charge in [0.1, 0.15) is 61.0 Å². The highest BCUT2D eigenvalue weighted by Gasteiger charge is 2.58. The molecule has 18 N–H and O–H groups in total. The van der Waals surface area contributed by atoms with Crippen LogP contribution in [0, 0.1) is 35.5 Å². The fourth-order valence-corrected chi connectivity index (χ4v) is 15.8. The molecular formula is C78H138O30. The maximum absolute atomic E-state index is 14.6. The summed E-state index contributed by atoms with van der Waals surface area (Å²) < 4.78 is 53.9. The second-order valence-electron chi connectivity index (χ2n) is 32.0. The number of carbonyl (C=O) groups is 3. The highest BCUT2D eigenvalue weighted by atomic mass is 16.7. The molecule has 4 fully saturated rings. The van der Waals surface area contributed by atoms with E-state index in [0.717, 1.165) is 25.3 Å². The van der Waals surface area contributed by atoms with Crippen molar-refractivity contribution in [1.29, 1.82) is 0 Å². The Morgan fingerprint density at radius 1 is 0.667 bits per heavy atom. The van der Waals surface area contributed by atoms with E-state index in [-0.39, 0.29) is 89.9 Å². The van der Waals surface area contributed by atoms with Gasteiger partial charge in [0.2, 0.25) is 5.78 Å². The zero-order chi connectivity index (χ0) is 80.4. The summed E-state index contributed by atoms with van der Waals surface area (Å²) in [5.74, 6) is -11.2. The number of aliphatic hydroxyl groups excluding tert-OH is 17. The first kappa shape index (κ1) is 95.7. The van der Waals surface area contributed by atoms with Crippen molar-refractivity contribution in [3.63, 3.8) is 0 Å². The number of allylic oxidation sites excluding steroid dienone is 1. The van der Waals surface area contributed by atoms with Gasteiger partial charge in [-0.1, -0.05) is 112 Å². The van der Waals surface area contributed by atoms with Gasteiger partial charge in [-0.15, -0.1) is 0 Å². The van der Waals surface area contributed by atoms with E-state index in [1.54, 1.807) is 47.6 Å². The lowest BCUT2D eigenvalue weighted by molar-refractivity contribution is -0.328. The summed E-state index contributed by atoms with van der Waals surface area (Å²) >= 11 is 0. The number of carbonyl (C=O) groups excluding carboxylic acids is 3. The summed E-state index contributed by atoms with van der Waals surface area (Å²) in [5.41, 5.74) is 0. The number of Topliss-reactive ketones (excluding diaryl/α,β-unsaturated/α-hetero) is 1. The molecule has 0 unspecified atom stereocenters. The Balaban J connectivity index is 1.27. The number of epoxide rings is 1. The van der Waals surface area contributed by atoms with Gasteiger partial charge >= 0.3 is 11.9 Å². The molecule has 4 saturated heterocycles. The Labute approximate surface area is 637 Å². The van der Waals surface area contributed by atoms with Crippen LogP contribution in [-0.4, -0.2) is 300 Å². The summed E-state index contributed by atoms with van der Waals surface area (Å²) in [6.45, 7) is 14.8. The molecule has 2 bridgehead atoms. The van der Waals surface area contributed by atoms with Crippen LogP contribution in [0.5, 0.6) is 0 Å². The molecule has 35 atom stereocenters. The van der Waals surface area contributed by atoms with Gasteiger partial charge in [-0.25, -0.2) is 4.79 Å². The molecule has 0 aliphatic carbocycles. The summed E-state index contributed by atoms with van der Waals surface area (Å²) in [4.78, 5) is 41.9. The van der Waals surface area contributed by atoms with Crippen LogP contribution in [0.2, 0.25) is 0 Å². The fraction of sp³-hybridized carbons (Fsp3) is 0.910. The lowest BCUT2D eigenvalue weighted by atomic mass is 9.77. The molecule has 630 valence electrons. The first-order valence-corrected chi connectivity index (χ1v) is 40.0. The normalized spacial score (nSPS) is 39.9. The molecule has 30 heteroatoms. The molecule has 0 aromatic rings. The molecule has 0 radical (unpaired) electrons. The number of hydrogen-bond donors (Lipinski definition) is 18. The van der Waals surface area contributed by atoms with Crippen molar-refractivity contribution in [2.24, 2.45) is 35.5 Å². The highest BCUT2D eigenvalue weighted by molar-refractivity contribution is 5.91. The Morgan fingerprint density at radius 3 is 1.95 bits per heavy atom. The number of aliphatic hydroxyl groups is 18. The van der Waals surface area contributed by atoms with Crippen molar-refractivity contribution in [2.45, 2.75) is 400 Å². The highest BCUT2D eigenvalue weighted by Crippen LogP contribution is 2.42. The van der Waals surface area contributed by atoms with E-state index in [4.69, 9.17) is 42.6 Å². The van der Waals surface area contributed by atoms with Gasteiger partial charge in [-0.2, -0.15) is 0 Å². The predicted molar refractivity (Wildman–Crippen MR) is 390 cm³/mol. The second-order valence-corrected chi connectivity index (χ2v) is 32.0. The molecule has 108 heavy (non-hydrogen) atoms. The van der Waals surface area contributed by atoms with Crippen LogP contribution in [0.3, 0.4) is 0 Å². The maximum Gasteiger partial charge on any atom is 0.330 e. The molecule has 30 nitrogen and oxygen atoms in total. The van der Waals surface area contributed by atoms with Crippen LogP contribution in [0.15, 0.2) is 24.3 Å². The third kappa shape index (κ3) is 29.4. The third-order valence-electron chi connectivity index (χ3n) is 22.9. The van der Waals surface area contributed by atoms with Crippen LogP contribution in [0.25, 0.3) is 0 Å². The van der Waals surface area contributed by atoms with Crippen LogP contribution in [0.4, 0.5) is 0 Å². The molecule has 5 rings (SSSR count). The number of cyclic esters (lactones) is 1. The summed E-state index contributed by atoms with van der Waals surface area (Å²) in [6, 6.07) is 0. The summed E-state index contributed by atoms with van der Waals surface area (Å²) in [6.07, 6.45) is -22.1. The first-order valence-electron chi connectivity index (χ1n) is 40.0. The molecule has 0 aromatic heterocycles. The smallest absolute Gasteiger partial charge is 0.330 e. The van der Waals surface area contributed by atoms with Gasteiger partial charge in [0.05, 0.1) is 111 Å². The average Bonchev–Trinajstić information content (AvgIpc) is 0.865. The minimum absolute atomic E-state index is 0.0378. The number of fused-ring (bicyclic) bond motifs is 3. The van der Waals surface area contributed by atoms with Crippen molar-refractivity contribution in [3.8, 4) is 0 Å². The lowest BCUT2D eigenvalue weighted by Gasteiger charge is -2.46. The average molecular weight is 1560 g/mol. The van der Waals surface area contributed by atoms with Gasteiger partial charge in [0.25, 0.3) is 5.79 Å². The van der Waals surface area contributed by atoms with Crippen molar-refractivity contribution in [2.75, 3.05) is 13.7 Å². The number of methoxy groups -OCH3 is 1. The van der Waals surface area contributed by atoms with E-state index in [2.05, 4.69) is 6.92 Å². The van der Waals surface area contributed by atoms with Gasteiger partial charge < -0.3 is 135 Å². The van der Waals surface area contributed by atoms with E-state index in [1.165, 1.54) is 52.2 Å². The molecular weight excluding hydrogens is 1420 g/mol. The third-order valence-corrected chi connectivity index (χ3v) is 22.9. The topological polar surface area (TPSA) is 502 Å². The molecule has 5 aliphatic heterocycles. The maximum atomic E-state index is 14.6. The standard InChI is InChI=1S/C78H138O30/c1-11-13-14-15-16-17-18-19-20-23-49(81)33-54(86)37-63(91)102-60-39-64(101-47(9)73(60)100-10)103-59(12-2)43(5)65(92)44(6)66(93)45(7)71-46(8)72-74(106-72)56(87)27-22-26-50(82)32-52(84)34-53(85)35-55-38-58(89)75(97)78(99,108-55)76(98)70(107-77-69(96)68(95)67(94)61(40-79)104-77)42(4)28-30-48(80)24-21-25-51(83)36-57(88)41(3)29-31-62(90)105-71/h20,23,29,31,41-61,64-75,77,79-89,92-97,99H,11-19,21-22,24-28,30,32-40H2,1-10H3/b23-20+,31-29?/t41-,42-,43+,44+,45+,46+,47-,48+,49+,50-,51+,52-,53+,54+,55+,56+,57+,58-,59-,60-,61-,64+,65+,66+,67-,68+,69+,70+,71+,72-,73-,74-,75-,77-,78-/m1/s1. The minimum atomic E-state index is -3.27. The van der Waals surface area contributed by atoms with Gasteiger partial charge in [-0.3, -0.25) is 9.59 Å². The van der Waals surface area contributed by atoms with Crippen LogP contribution < -0.4 is 0 Å². The number of ether oxygens (including phenoxy) is 9. The zero-order valence-corrected chi connectivity index (χ0v) is 65.3. The number of rotatable bonds is 27. The number of ketones is 1. The number of unbranched alkanes of at least 4 members (excludes halogenated alkanes) is 7. The summed E-state index contributed by atoms with van der Waals surface area (Å²) in [7, 11) is 1.46. The van der Waals surface area contributed by atoms with Crippen molar-refractivity contribution >= 4 is 17.7 Å². The van der Waals surface area contributed by atoms with Crippen molar-refractivity contribution in [3.05, 3.63) is 24.3 Å². The van der Waals surface area contributed by atoms with Gasteiger partial charge in [0, 0.05) is 62.0 Å². The van der Waals surface area contributed by atoms with E-state index in [0.29, 0.717) is 6.42 Å². The van der Waals surface area contributed by atoms with Gasteiger partial charge in [0.15, 0.2) is 12.6 Å². The Hall–Kier alpha value is -2.91. The Kier molecular flexibility index (Phi) is 41.8. The molecule has 5 heterocycles. The van der Waals surface area contributed by atoms with Crippen LogP contribution in [0.1, 0.15) is 223 Å². The van der Waals surface area contributed by atoms with E-state index in [1.807, 2.05) is 13.0 Å². The lowest BCUT2D eigenvalue weighted by Crippen LogP contribution is -2.66. The largest absolute Gasteiger partial charge is 0.459 e. The van der Waals surface area contributed by atoms with E-state index in [9.17, 15) is 106 Å².